The topological polar surface area (TPSA) is 80.9 Å². The van der Waals surface area contributed by atoms with Gasteiger partial charge in [0.05, 0.1) is 11.3 Å². The van der Waals surface area contributed by atoms with Crippen LogP contribution in [0.3, 0.4) is 0 Å². The quantitative estimate of drug-likeness (QED) is 0.909. The second-order valence-electron chi connectivity index (χ2n) is 5.41. The van der Waals surface area contributed by atoms with Crippen LogP contribution in [-0.4, -0.2) is 21.9 Å². The zero-order valence-electron chi connectivity index (χ0n) is 11.6. The monoisotopic (exact) mass is 290 g/mol. The van der Waals surface area contributed by atoms with Gasteiger partial charge in [-0.25, -0.2) is 9.97 Å². The third-order valence-electron chi connectivity index (χ3n) is 3.93. The predicted molar refractivity (Wildman–Crippen MR) is 80.8 cm³/mol. The first-order valence-electron chi connectivity index (χ1n) is 6.84. The third kappa shape index (κ3) is 2.24. The van der Waals surface area contributed by atoms with Crippen LogP contribution in [0.2, 0.25) is 0 Å². The normalized spacial score (nSPS) is 22.3. The predicted octanol–water partition coefficient (Wildman–Crippen LogP) is 2.37. The number of aryl methyl sites for hydroxylation is 2. The number of amides is 1. The maximum Gasteiger partial charge on any atom is 0.222 e. The van der Waals surface area contributed by atoms with Gasteiger partial charge in [0.25, 0.3) is 0 Å². The maximum atomic E-state index is 11.5. The van der Waals surface area contributed by atoms with Crippen molar-refractivity contribution in [3.63, 3.8) is 0 Å². The molecule has 2 aromatic rings. The van der Waals surface area contributed by atoms with Crippen LogP contribution < -0.4 is 11.1 Å². The summed E-state index contributed by atoms with van der Waals surface area (Å²) in [7, 11) is 0. The van der Waals surface area contributed by atoms with E-state index in [0.717, 1.165) is 41.1 Å². The van der Waals surface area contributed by atoms with Gasteiger partial charge >= 0.3 is 0 Å². The molecule has 106 valence electrons. The van der Waals surface area contributed by atoms with Crippen LogP contribution in [0.1, 0.15) is 30.7 Å². The lowest BCUT2D eigenvalue weighted by atomic mass is 10.0. The van der Waals surface area contributed by atoms with Crippen molar-refractivity contribution in [2.45, 2.75) is 39.2 Å². The number of thiophene rings is 1. The SMILES string of the molecule is Cc1nc(NC2CCCC2C(N)=O)c2c(C)csc2n1. The van der Waals surface area contributed by atoms with Crippen molar-refractivity contribution in [2.75, 3.05) is 5.32 Å². The van der Waals surface area contributed by atoms with E-state index >= 15 is 0 Å². The Morgan fingerprint density at radius 3 is 2.95 bits per heavy atom. The molecule has 0 bridgehead atoms. The summed E-state index contributed by atoms with van der Waals surface area (Å²) >= 11 is 1.62. The molecule has 5 nitrogen and oxygen atoms in total. The van der Waals surface area contributed by atoms with Gasteiger partial charge < -0.3 is 11.1 Å². The average molecular weight is 290 g/mol. The molecule has 1 saturated carbocycles. The van der Waals surface area contributed by atoms with E-state index in [4.69, 9.17) is 5.73 Å². The molecule has 1 fully saturated rings. The van der Waals surface area contributed by atoms with Crippen LogP contribution in [0, 0.1) is 19.8 Å². The molecule has 1 amide bonds. The van der Waals surface area contributed by atoms with E-state index in [1.165, 1.54) is 5.56 Å². The van der Waals surface area contributed by atoms with E-state index in [0.29, 0.717) is 0 Å². The Kier molecular flexibility index (Phi) is 3.33. The van der Waals surface area contributed by atoms with Gasteiger partial charge in [-0.1, -0.05) is 6.42 Å². The van der Waals surface area contributed by atoms with Crippen molar-refractivity contribution in [3.05, 3.63) is 16.8 Å². The highest BCUT2D eigenvalue weighted by Gasteiger charge is 2.32. The van der Waals surface area contributed by atoms with Gasteiger partial charge in [-0.05, 0) is 37.6 Å². The number of nitrogens with two attached hydrogens (primary N) is 1. The van der Waals surface area contributed by atoms with Crippen LogP contribution in [0.5, 0.6) is 0 Å². The molecule has 3 rings (SSSR count). The Hall–Kier alpha value is -1.69. The smallest absolute Gasteiger partial charge is 0.222 e. The van der Waals surface area contributed by atoms with Gasteiger partial charge in [0.2, 0.25) is 5.91 Å². The lowest BCUT2D eigenvalue weighted by Gasteiger charge is -2.19. The highest BCUT2D eigenvalue weighted by molar-refractivity contribution is 7.17. The fourth-order valence-electron chi connectivity index (χ4n) is 2.94. The molecule has 3 N–H and O–H groups in total. The molecule has 0 aliphatic heterocycles. The summed E-state index contributed by atoms with van der Waals surface area (Å²) < 4.78 is 0. The highest BCUT2D eigenvalue weighted by Crippen LogP contribution is 2.33. The van der Waals surface area contributed by atoms with E-state index in [1.807, 2.05) is 6.92 Å². The number of nitrogens with zero attached hydrogens (tertiary/aromatic N) is 2. The summed E-state index contributed by atoms with van der Waals surface area (Å²) in [5.41, 5.74) is 6.65. The molecule has 0 spiro atoms. The number of primary amides is 1. The van der Waals surface area contributed by atoms with Crippen LogP contribution in [0.25, 0.3) is 10.2 Å². The zero-order chi connectivity index (χ0) is 14.3. The second kappa shape index (κ2) is 5.01. The number of hydrogen-bond donors (Lipinski definition) is 2. The first-order chi connectivity index (χ1) is 9.56. The van der Waals surface area contributed by atoms with E-state index in [9.17, 15) is 4.79 Å². The number of fused-ring (bicyclic) bond motifs is 1. The maximum absolute atomic E-state index is 11.5. The molecular formula is C14H18N4OS. The molecular weight excluding hydrogens is 272 g/mol. The minimum absolute atomic E-state index is 0.0873. The Morgan fingerprint density at radius 2 is 2.20 bits per heavy atom. The van der Waals surface area contributed by atoms with Crippen LogP contribution in [0.4, 0.5) is 5.82 Å². The molecule has 20 heavy (non-hydrogen) atoms. The van der Waals surface area contributed by atoms with Crippen LogP contribution in [0.15, 0.2) is 5.38 Å². The molecule has 1 aliphatic rings. The summed E-state index contributed by atoms with van der Waals surface area (Å²) in [5.74, 6) is 1.27. The molecule has 2 unspecified atom stereocenters. The molecule has 6 heteroatoms. The number of nitrogens with one attached hydrogen (secondary N) is 1. The summed E-state index contributed by atoms with van der Waals surface area (Å²) in [5, 5.41) is 6.59. The van der Waals surface area contributed by atoms with Gasteiger partial charge in [-0.15, -0.1) is 11.3 Å². The molecule has 1 aliphatic carbocycles. The highest BCUT2D eigenvalue weighted by atomic mass is 32.1. The summed E-state index contributed by atoms with van der Waals surface area (Å²) in [6.45, 7) is 3.95. The van der Waals surface area contributed by atoms with Crippen LogP contribution >= 0.6 is 11.3 Å². The summed E-state index contributed by atoms with van der Waals surface area (Å²) in [6.07, 6.45) is 2.85. The molecule has 2 aromatic heterocycles. The first kappa shape index (κ1) is 13.3. The van der Waals surface area contributed by atoms with E-state index in [1.54, 1.807) is 11.3 Å². The molecule has 2 atom stereocenters. The molecule has 0 radical (unpaired) electrons. The minimum Gasteiger partial charge on any atom is -0.369 e. The van der Waals surface area contributed by atoms with Crippen molar-refractivity contribution in [1.29, 1.82) is 0 Å². The van der Waals surface area contributed by atoms with E-state index < -0.39 is 0 Å². The van der Waals surface area contributed by atoms with Crippen molar-refractivity contribution >= 4 is 33.3 Å². The van der Waals surface area contributed by atoms with Gasteiger partial charge in [0.15, 0.2) is 0 Å². The van der Waals surface area contributed by atoms with Gasteiger partial charge in [-0.2, -0.15) is 0 Å². The summed E-state index contributed by atoms with van der Waals surface area (Å²) in [6, 6.07) is 0.0873. The zero-order valence-corrected chi connectivity index (χ0v) is 12.5. The number of anilines is 1. The van der Waals surface area contributed by atoms with Gasteiger partial charge in [0.1, 0.15) is 16.5 Å². The molecule has 2 heterocycles. The number of carbonyl (C=O) groups excluding carboxylic acids is 1. The minimum atomic E-state index is -0.218. The van der Waals surface area contributed by atoms with Crippen molar-refractivity contribution < 1.29 is 4.79 Å². The van der Waals surface area contributed by atoms with E-state index in [2.05, 4.69) is 27.6 Å². The number of carbonyl (C=O) groups is 1. The second-order valence-corrected chi connectivity index (χ2v) is 6.27. The Bertz CT molecular complexity index is 666. The number of hydrogen-bond acceptors (Lipinski definition) is 5. The lowest BCUT2D eigenvalue weighted by molar-refractivity contribution is -0.121. The number of aromatic nitrogens is 2. The Labute approximate surface area is 121 Å². The van der Waals surface area contributed by atoms with Crippen molar-refractivity contribution in [2.24, 2.45) is 11.7 Å². The van der Waals surface area contributed by atoms with E-state index in [-0.39, 0.29) is 17.9 Å². The Morgan fingerprint density at radius 1 is 1.40 bits per heavy atom. The Balaban J connectivity index is 1.98. The van der Waals surface area contributed by atoms with Crippen molar-refractivity contribution in [1.82, 2.24) is 9.97 Å². The summed E-state index contributed by atoms with van der Waals surface area (Å²) in [4.78, 5) is 21.5. The largest absolute Gasteiger partial charge is 0.369 e. The molecule has 0 saturated heterocycles. The lowest BCUT2D eigenvalue weighted by Crippen LogP contribution is -2.34. The fraction of sp³-hybridized carbons (Fsp3) is 0.500. The van der Waals surface area contributed by atoms with Gasteiger partial charge in [-0.3, -0.25) is 4.79 Å². The molecule has 0 aromatic carbocycles. The average Bonchev–Trinajstić information content (AvgIpc) is 2.96. The van der Waals surface area contributed by atoms with Crippen LogP contribution in [-0.2, 0) is 4.79 Å². The standard InChI is InChI=1S/C14H18N4OS/c1-7-6-20-14-11(7)13(16-8(2)17-14)18-10-5-3-4-9(10)12(15)19/h6,9-10H,3-5H2,1-2H3,(H2,15,19)(H,16,17,18). The third-order valence-corrected chi connectivity index (χ3v) is 4.92. The number of rotatable bonds is 3. The first-order valence-corrected chi connectivity index (χ1v) is 7.72. The van der Waals surface area contributed by atoms with Gasteiger partial charge in [0, 0.05) is 6.04 Å². The fourth-order valence-corrected chi connectivity index (χ4v) is 3.91. The van der Waals surface area contributed by atoms with Crippen molar-refractivity contribution in [3.8, 4) is 0 Å².